The summed E-state index contributed by atoms with van der Waals surface area (Å²) in [7, 11) is -3.95. The van der Waals surface area contributed by atoms with Crippen LogP contribution in [0.3, 0.4) is 0 Å². The zero-order valence-electron chi connectivity index (χ0n) is 19.5. The van der Waals surface area contributed by atoms with Crippen LogP contribution in [-0.4, -0.2) is 45.9 Å². The number of piperidine rings is 1. The van der Waals surface area contributed by atoms with Gasteiger partial charge in [-0.25, -0.2) is 18.4 Å². The van der Waals surface area contributed by atoms with Gasteiger partial charge in [0.2, 0.25) is 15.7 Å². The smallest absolute Gasteiger partial charge is 0.226 e. The number of aromatic amines is 1. The molecule has 0 aliphatic carbocycles. The van der Waals surface area contributed by atoms with Crippen molar-refractivity contribution < 1.29 is 8.42 Å². The van der Waals surface area contributed by atoms with Crippen LogP contribution in [0.15, 0.2) is 82.8 Å². The van der Waals surface area contributed by atoms with Gasteiger partial charge in [-0.2, -0.15) is 5.26 Å². The fourth-order valence-corrected chi connectivity index (χ4v) is 6.50. The van der Waals surface area contributed by atoms with Gasteiger partial charge < -0.3 is 9.55 Å². The number of aromatic nitrogens is 4. The van der Waals surface area contributed by atoms with Gasteiger partial charge in [0.05, 0.1) is 10.4 Å². The van der Waals surface area contributed by atoms with Crippen LogP contribution in [0.4, 0.5) is 0 Å². The number of hydrogen-bond donors (Lipinski definition) is 1. The van der Waals surface area contributed by atoms with Crippen LogP contribution in [0, 0.1) is 11.3 Å². The Morgan fingerprint density at radius 2 is 1.67 bits per heavy atom. The summed E-state index contributed by atoms with van der Waals surface area (Å²) >= 11 is 0. The molecule has 6 rings (SSSR count). The van der Waals surface area contributed by atoms with Gasteiger partial charge >= 0.3 is 0 Å². The van der Waals surface area contributed by atoms with Gasteiger partial charge in [0.25, 0.3) is 0 Å². The molecule has 180 valence electrons. The normalized spacial score (nSPS) is 15.4. The fourth-order valence-electron chi connectivity index (χ4n) is 5.15. The third-order valence-electron chi connectivity index (χ3n) is 6.89. The number of likely N-dealkylation sites (tertiary alicyclic amines) is 1. The first-order valence-electron chi connectivity index (χ1n) is 11.9. The van der Waals surface area contributed by atoms with Gasteiger partial charge in [-0.1, -0.05) is 48.5 Å². The van der Waals surface area contributed by atoms with Gasteiger partial charge in [0.1, 0.15) is 17.2 Å². The Bertz CT molecular complexity index is 1690. The van der Waals surface area contributed by atoms with Crippen molar-refractivity contribution >= 4 is 31.9 Å². The van der Waals surface area contributed by atoms with Crippen molar-refractivity contribution in [1.29, 1.82) is 5.26 Å². The average Bonchev–Trinajstić information content (AvgIpc) is 3.54. The minimum Gasteiger partial charge on any atom is -0.346 e. The van der Waals surface area contributed by atoms with Gasteiger partial charge in [0, 0.05) is 37.3 Å². The van der Waals surface area contributed by atoms with E-state index >= 15 is 0 Å². The molecule has 1 aliphatic rings. The van der Waals surface area contributed by atoms with E-state index in [1.807, 2.05) is 16.7 Å². The number of pyridine rings is 1. The van der Waals surface area contributed by atoms with Crippen LogP contribution >= 0.6 is 0 Å². The molecular formula is C27H24N6O2S. The molecule has 9 heteroatoms. The van der Waals surface area contributed by atoms with Crippen molar-refractivity contribution in [3.05, 3.63) is 84.3 Å². The molecule has 0 radical (unpaired) electrons. The maximum absolute atomic E-state index is 13.6. The van der Waals surface area contributed by atoms with Crippen molar-refractivity contribution in [2.24, 2.45) is 0 Å². The second-order valence-electron chi connectivity index (χ2n) is 9.08. The molecule has 0 bridgehead atoms. The summed E-state index contributed by atoms with van der Waals surface area (Å²) in [6.07, 6.45) is 3.41. The lowest BCUT2D eigenvalue weighted by Gasteiger charge is -2.33. The number of H-pyrrole nitrogens is 1. The number of imidazole rings is 1. The zero-order valence-corrected chi connectivity index (χ0v) is 20.3. The van der Waals surface area contributed by atoms with Crippen molar-refractivity contribution in [1.82, 2.24) is 24.4 Å². The van der Waals surface area contributed by atoms with E-state index in [2.05, 4.69) is 50.2 Å². The topological polar surface area (TPSA) is 108 Å². The first-order valence-corrected chi connectivity index (χ1v) is 13.4. The number of fused-ring (bicyclic) bond motifs is 3. The number of nitrogens with one attached hydrogen (secondary N) is 1. The molecule has 0 amide bonds. The van der Waals surface area contributed by atoms with E-state index in [4.69, 9.17) is 0 Å². The zero-order chi connectivity index (χ0) is 24.7. The highest BCUT2D eigenvalue weighted by Gasteiger charge is 2.31. The minimum absolute atomic E-state index is 0.0319. The third-order valence-corrected chi connectivity index (χ3v) is 8.57. The highest BCUT2D eigenvalue weighted by Crippen LogP contribution is 2.36. The lowest BCUT2D eigenvalue weighted by atomic mass is 10.0. The summed E-state index contributed by atoms with van der Waals surface area (Å²) in [5.74, 6) is 0.214. The largest absolute Gasteiger partial charge is 0.346 e. The van der Waals surface area contributed by atoms with Gasteiger partial charge in [-0.05, 0) is 36.6 Å². The first kappa shape index (κ1) is 22.5. The number of benzene rings is 2. The van der Waals surface area contributed by atoms with Crippen LogP contribution in [0.5, 0.6) is 0 Å². The van der Waals surface area contributed by atoms with E-state index in [9.17, 15) is 13.7 Å². The predicted molar refractivity (Wildman–Crippen MR) is 136 cm³/mol. The van der Waals surface area contributed by atoms with Crippen LogP contribution in [0.2, 0.25) is 0 Å². The summed E-state index contributed by atoms with van der Waals surface area (Å²) in [5.41, 5.74) is 2.63. The average molecular weight is 497 g/mol. The Morgan fingerprint density at radius 1 is 0.972 bits per heavy atom. The Morgan fingerprint density at radius 3 is 2.36 bits per heavy atom. The summed E-state index contributed by atoms with van der Waals surface area (Å²) < 4.78 is 29.1. The van der Waals surface area contributed by atoms with Gasteiger partial charge in [-0.3, -0.25) is 4.90 Å². The van der Waals surface area contributed by atoms with E-state index in [1.165, 1.54) is 5.56 Å². The van der Waals surface area contributed by atoms with Crippen LogP contribution in [0.25, 0.3) is 22.1 Å². The van der Waals surface area contributed by atoms with Gasteiger partial charge in [0.15, 0.2) is 5.03 Å². The standard InChI is InChI=1S/C27H24N6O2S/c28-17-23-30-24-25(33(23)20-12-15-32(16-13-20)18-19-7-3-1-4-8-19)22-11-14-29-26(22)31-27(24)36(34,35)21-9-5-2-6-10-21/h1-11,14,20H,12-13,15-16,18H2,(H,29,31). The van der Waals surface area contributed by atoms with E-state index in [0.29, 0.717) is 11.2 Å². The van der Waals surface area contributed by atoms with Crippen molar-refractivity contribution in [3.8, 4) is 6.07 Å². The Labute approximate surface area is 208 Å². The molecule has 5 aromatic rings. The molecule has 0 saturated carbocycles. The van der Waals surface area contributed by atoms with E-state index in [-0.39, 0.29) is 27.3 Å². The summed E-state index contributed by atoms with van der Waals surface area (Å²) in [4.78, 5) is 14.6. The minimum atomic E-state index is -3.95. The third kappa shape index (κ3) is 3.75. The molecule has 0 atom stereocenters. The highest BCUT2D eigenvalue weighted by molar-refractivity contribution is 7.91. The Kier molecular flexibility index (Phi) is 5.55. The van der Waals surface area contributed by atoms with E-state index < -0.39 is 9.84 Å². The Balaban J connectivity index is 1.43. The van der Waals surface area contributed by atoms with Gasteiger partial charge in [-0.15, -0.1) is 0 Å². The number of rotatable bonds is 5. The highest BCUT2D eigenvalue weighted by atomic mass is 32.2. The lowest BCUT2D eigenvalue weighted by molar-refractivity contribution is 0.181. The van der Waals surface area contributed by atoms with Crippen LogP contribution < -0.4 is 0 Å². The number of sulfone groups is 1. The SMILES string of the molecule is N#Cc1nc2c(S(=O)(=O)c3ccccc3)nc3[nH]ccc3c2n1C1CCN(Cc2ccccc2)CC1. The molecule has 2 aromatic carbocycles. The monoisotopic (exact) mass is 496 g/mol. The molecule has 36 heavy (non-hydrogen) atoms. The second kappa shape index (κ2) is 8.90. The maximum atomic E-state index is 13.6. The van der Waals surface area contributed by atoms with Crippen molar-refractivity contribution in [3.63, 3.8) is 0 Å². The molecule has 0 spiro atoms. The molecule has 0 unspecified atom stereocenters. The van der Waals surface area contributed by atoms with E-state index in [1.54, 1.807) is 36.5 Å². The molecule has 8 nitrogen and oxygen atoms in total. The quantitative estimate of drug-likeness (QED) is 0.385. The summed E-state index contributed by atoms with van der Waals surface area (Å²) in [5, 5.41) is 10.6. The van der Waals surface area contributed by atoms with Crippen molar-refractivity contribution in [2.75, 3.05) is 13.1 Å². The van der Waals surface area contributed by atoms with E-state index in [0.717, 1.165) is 37.9 Å². The van der Waals surface area contributed by atoms with Crippen molar-refractivity contribution in [2.45, 2.75) is 35.3 Å². The summed E-state index contributed by atoms with van der Waals surface area (Å²) in [6.45, 7) is 2.63. The molecular weight excluding hydrogens is 472 g/mol. The molecule has 3 aromatic heterocycles. The number of nitrogens with zero attached hydrogens (tertiary/aromatic N) is 5. The lowest BCUT2D eigenvalue weighted by Crippen LogP contribution is -2.34. The molecule has 1 N–H and O–H groups in total. The fraction of sp³-hybridized carbons (Fsp3) is 0.222. The Hall–Kier alpha value is -4.00. The molecule has 1 fully saturated rings. The molecule has 1 aliphatic heterocycles. The van der Waals surface area contributed by atoms with Crippen LogP contribution in [0.1, 0.15) is 30.3 Å². The number of hydrogen-bond acceptors (Lipinski definition) is 6. The first-order chi connectivity index (χ1) is 17.6. The summed E-state index contributed by atoms with van der Waals surface area (Å²) in [6, 6.07) is 22.7. The predicted octanol–water partition coefficient (Wildman–Crippen LogP) is 4.45. The van der Waals surface area contributed by atoms with Crippen LogP contribution in [-0.2, 0) is 16.4 Å². The second-order valence-corrected chi connectivity index (χ2v) is 10.9. The number of nitriles is 1. The molecule has 1 saturated heterocycles. The molecule has 4 heterocycles. The maximum Gasteiger partial charge on any atom is 0.226 e.